The van der Waals surface area contributed by atoms with Crippen molar-refractivity contribution >= 4 is 17.8 Å². The Balaban J connectivity index is 0. The number of allylic oxidation sites excluding steroid dienone is 4. The summed E-state index contributed by atoms with van der Waals surface area (Å²) >= 11 is 0. The molecule has 13 heteroatoms. The van der Waals surface area contributed by atoms with Crippen molar-refractivity contribution in [2.45, 2.75) is 110 Å². The third-order valence-corrected chi connectivity index (χ3v) is 4.45. The number of ether oxygens (including phenoxy) is 1. The minimum Gasteiger partial charge on any atom is -0.652 e. The minimum absolute atomic E-state index is 0. The number of rotatable bonds is 5. The van der Waals surface area contributed by atoms with Crippen molar-refractivity contribution in [1.82, 2.24) is 5.32 Å². The molecule has 38 heavy (non-hydrogen) atoms. The molecule has 1 N–H and O–H groups in total. The average molecular weight is 650 g/mol. The molecule has 0 saturated carbocycles. The summed E-state index contributed by atoms with van der Waals surface area (Å²) in [6, 6.07) is -0.536. The van der Waals surface area contributed by atoms with Gasteiger partial charge >= 0.3 is 25.4 Å². The standard InChI is InChI=1S/C17H30N3O4.C8H12.ClHO4.Rh/c1-16(2,3)19-13(21)7-8-14(22)24-11-9-12(18-10-11)15(23)20-17(4,5)6;1-2-4-6-8-7-5-3-1;2-1(3,4)5;/h11-12H,7-10H2,1-6H3,(H2,19,20,21,23);1-2,7-8H,3-6H2;(H,2,3,4,5);/q-1;;;+3/p-2/b;2-1-,8-7-;;/t11-,12+;;;/m1.../s1. The van der Waals surface area contributed by atoms with Crippen molar-refractivity contribution in [3.8, 4) is 0 Å². The second kappa shape index (κ2) is 18.8. The summed E-state index contributed by atoms with van der Waals surface area (Å²) in [5, 5.41) is 11.1. The molecule has 1 saturated heterocycles. The van der Waals surface area contributed by atoms with Crippen LogP contribution in [-0.4, -0.2) is 47.6 Å². The van der Waals surface area contributed by atoms with Crippen molar-refractivity contribution in [3.05, 3.63) is 34.9 Å². The van der Waals surface area contributed by atoms with Crippen LogP contribution in [0.1, 0.15) is 86.5 Å². The molecule has 1 heterocycles. The molecule has 0 unspecified atom stereocenters. The Labute approximate surface area is 241 Å². The van der Waals surface area contributed by atoms with Gasteiger partial charge in [-0.25, -0.2) is 18.6 Å². The monoisotopic (exact) mass is 649 g/mol. The van der Waals surface area contributed by atoms with Gasteiger partial charge in [-0.15, -0.1) is 22.3 Å². The minimum atomic E-state index is -4.94. The number of esters is 1. The van der Waals surface area contributed by atoms with Crippen molar-refractivity contribution in [2.24, 2.45) is 0 Å². The average Bonchev–Trinajstić information content (AvgIpc) is 3.11. The third kappa shape index (κ3) is 26.2. The fourth-order valence-corrected chi connectivity index (χ4v) is 3.11. The molecule has 1 aliphatic carbocycles. The first-order valence-electron chi connectivity index (χ1n) is 12.2. The quantitative estimate of drug-likeness (QED) is 0.250. The van der Waals surface area contributed by atoms with E-state index >= 15 is 0 Å². The summed E-state index contributed by atoms with van der Waals surface area (Å²) in [4.78, 5) is 35.5. The third-order valence-electron chi connectivity index (χ3n) is 4.45. The summed E-state index contributed by atoms with van der Waals surface area (Å²) in [6.45, 7) is 11.5. The zero-order valence-corrected chi connectivity index (χ0v) is 25.4. The Morgan fingerprint density at radius 2 is 1.37 bits per heavy atom. The maximum Gasteiger partial charge on any atom is 3.00 e. The fourth-order valence-electron chi connectivity index (χ4n) is 3.11. The van der Waals surface area contributed by atoms with E-state index < -0.39 is 33.9 Å². The molecule has 2 atom stereocenters. The molecule has 0 aromatic rings. The molecule has 0 radical (unpaired) electrons. The molecule has 0 aromatic carbocycles. The Kier molecular flexibility index (Phi) is 19.2. The second-order valence-corrected chi connectivity index (χ2v) is 11.4. The normalized spacial score (nSPS) is 20.9. The van der Waals surface area contributed by atoms with Crippen LogP contribution in [0.3, 0.4) is 0 Å². The SMILES string of the molecule is C1=C\CC/C=C\CC/1.CC(C)(C)[N-]C(=O)[C@@H]1C[C@@H](OC(=O)CCC(=O)NC(C)(C)C)C[N-]1.[O-][Cl+3]([O-])([O-])[O-].[Rh+3]. The van der Waals surface area contributed by atoms with E-state index in [9.17, 15) is 14.4 Å². The predicted molar refractivity (Wildman–Crippen MR) is 129 cm³/mol. The van der Waals surface area contributed by atoms with Gasteiger partial charge in [-0.1, -0.05) is 51.1 Å². The molecule has 0 spiro atoms. The Bertz CT molecular complexity index is 742. The van der Waals surface area contributed by atoms with Gasteiger partial charge in [0.15, 0.2) is 0 Å². The van der Waals surface area contributed by atoms with Crippen LogP contribution in [0.15, 0.2) is 24.3 Å². The number of hydrogen-bond acceptors (Lipinski definition) is 8. The Morgan fingerprint density at radius 3 is 1.76 bits per heavy atom. The molecule has 1 fully saturated rings. The van der Waals surface area contributed by atoms with Crippen LogP contribution >= 0.6 is 0 Å². The van der Waals surface area contributed by atoms with Gasteiger partial charge in [0.2, 0.25) is 5.91 Å². The number of nitrogens with one attached hydrogen (secondary N) is 1. The van der Waals surface area contributed by atoms with E-state index in [1.807, 2.05) is 41.5 Å². The fraction of sp³-hybridized carbons (Fsp3) is 0.720. The van der Waals surface area contributed by atoms with Crippen molar-refractivity contribution in [3.63, 3.8) is 0 Å². The molecule has 2 amide bonds. The van der Waals surface area contributed by atoms with Crippen LogP contribution < -0.4 is 24.0 Å². The number of carbonyl (C=O) groups excluding carboxylic acids is 3. The van der Waals surface area contributed by atoms with E-state index in [1.165, 1.54) is 25.7 Å². The second-order valence-electron chi connectivity index (χ2n) is 10.6. The molecule has 1 aliphatic heterocycles. The largest absolute Gasteiger partial charge is 3.00 e. The first-order chi connectivity index (χ1) is 16.9. The number of carbonyl (C=O) groups is 3. The first kappa shape index (κ1) is 38.7. The summed E-state index contributed by atoms with van der Waals surface area (Å²) < 4.78 is 39.3. The number of halogens is 1. The van der Waals surface area contributed by atoms with Crippen LogP contribution in [0.4, 0.5) is 0 Å². The topological polar surface area (TPSA) is 193 Å². The summed E-state index contributed by atoms with van der Waals surface area (Å²) in [6.07, 6.45) is 14.1. The number of amides is 2. The molecular weight excluding hydrogens is 609 g/mol. The van der Waals surface area contributed by atoms with Crippen LogP contribution in [-0.2, 0) is 38.6 Å². The van der Waals surface area contributed by atoms with E-state index in [0.717, 1.165) is 0 Å². The summed E-state index contributed by atoms with van der Waals surface area (Å²) in [5.41, 5.74) is -0.767. The molecule has 2 rings (SSSR count). The summed E-state index contributed by atoms with van der Waals surface area (Å²) in [7, 11) is -4.94. The smallest absolute Gasteiger partial charge is 0.652 e. The van der Waals surface area contributed by atoms with E-state index in [4.69, 9.17) is 23.4 Å². The van der Waals surface area contributed by atoms with Gasteiger partial charge in [-0.2, -0.15) is 0 Å². The first-order valence-corrected chi connectivity index (χ1v) is 13.4. The van der Waals surface area contributed by atoms with Crippen molar-refractivity contribution in [2.75, 3.05) is 6.54 Å². The van der Waals surface area contributed by atoms with Crippen LogP contribution in [0.25, 0.3) is 10.6 Å². The van der Waals surface area contributed by atoms with E-state index in [1.54, 1.807) is 0 Å². The Hall–Kier alpha value is -1.40. The van der Waals surface area contributed by atoms with Crippen LogP contribution in [0, 0.1) is 10.2 Å². The van der Waals surface area contributed by atoms with Gasteiger partial charge in [0, 0.05) is 17.9 Å². The molecule has 11 nitrogen and oxygen atoms in total. The van der Waals surface area contributed by atoms with Gasteiger partial charge in [0.25, 0.3) is 0 Å². The number of hydrogen-bond donors (Lipinski definition) is 1. The van der Waals surface area contributed by atoms with E-state index in [0.29, 0.717) is 13.0 Å². The maximum atomic E-state index is 12.0. The van der Waals surface area contributed by atoms with Gasteiger partial charge in [0.05, 0.1) is 12.5 Å². The number of nitrogens with zero attached hydrogens (tertiary/aromatic N) is 2. The maximum absolute atomic E-state index is 12.0. The predicted octanol–water partition coefficient (Wildman–Crippen LogP) is 0.352. The van der Waals surface area contributed by atoms with Gasteiger partial charge < -0.3 is 25.5 Å². The Morgan fingerprint density at radius 1 is 0.921 bits per heavy atom. The van der Waals surface area contributed by atoms with Gasteiger partial charge in [-0.05, 0) is 52.9 Å². The molecule has 220 valence electrons. The van der Waals surface area contributed by atoms with E-state index in [-0.39, 0.29) is 49.7 Å². The van der Waals surface area contributed by atoms with Gasteiger partial charge in [0.1, 0.15) is 0 Å². The zero-order valence-electron chi connectivity index (χ0n) is 23.0. The summed E-state index contributed by atoms with van der Waals surface area (Å²) in [5.74, 6) is -0.904. The molecule has 2 aliphatic rings. The molecule has 0 bridgehead atoms. The van der Waals surface area contributed by atoms with Crippen molar-refractivity contribution < 1.29 is 67.5 Å². The van der Waals surface area contributed by atoms with Crippen LogP contribution in [0.2, 0.25) is 0 Å². The van der Waals surface area contributed by atoms with Crippen molar-refractivity contribution in [1.29, 1.82) is 0 Å². The van der Waals surface area contributed by atoms with Gasteiger partial charge in [-0.3, -0.25) is 9.59 Å². The zero-order chi connectivity index (χ0) is 28.7. The van der Waals surface area contributed by atoms with Crippen LogP contribution in [0.5, 0.6) is 0 Å². The molecular formula is C25H41ClN3O8Rh. The van der Waals surface area contributed by atoms with E-state index in [2.05, 4.69) is 40.3 Å². The molecule has 0 aromatic heterocycles.